The van der Waals surface area contributed by atoms with Gasteiger partial charge in [-0.15, -0.1) is 0 Å². The summed E-state index contributed by atoms with van der Waals surface area (Å²) in [6.45, 7) is 2.76. The van der Waals surface area contributed by atoms with Crippen LogP contribution in [-0.4, -0.2) is 73.8 Å². The van der Waals surface area contributed by atoms with Crippen LogP contribution in [0, 0.1) is 11.7 Å². The first-order valence-electron chi connectivity index (χ1n) is 12.1. The molecule has 4 rings (SSSR count). The lowest BCUT2D eigenvalue weighted by Gasteiger charge is -2.43. The van der Waals surface area contributed by atoms with Gasteiger partial charge in [0.05, 0.1) is 19.6 Å². The summed E-state index contributed by atoms with van der Waals surface area (Å²) in [5, 5.41) is 0. The number of hydrogen-bond acceptors (Lipinski definition) is 5. The smallest absolute Gasteiger partial charge is 0.226 e. The predicted octanol–water partition coefficient (Wildman–Crippen LogP) is 3.28. The Morgan fingerprint density at radius 1 is 1.09 bits per heavy atom. The SMILES string of the molecule is CN(Cc1ccccc1)C(=O)C[C@]1(COc2ccc(F)cc2)CN(C(=O)C2CCOCC2)CCO1. The van der Waals surface area contributed by atoms with Crippen molar-refractivity contribution in [3.8, 4) is 5.75 Å². The van der Waals surface area contributed by atoms with Crippen LogP contribution < -0.4 is 4.74 Å². The van der Waals surface area contributed by atoms with E-state index in [9.17, 15) is 14.0 Å². The molecule has 2 aromatic carbocycles. The molecule has 0 unspecified atom stereocenters. The highest BCUT2D eigenvalue weighted by atomic mass is 19.1. The van der Waals surface area contributed by atoms with Crippen molar-refractivity contribution in [1.82, 2.24) is 9.80 Å². The van der Waals surface area contributed by atoms with Crippen molar-refractivity contribution >= 4 is 11.8 Å². The summed E-state index contributed by atoms with van der Waals surface area (Å²) in [5.74, 6) is 0.0260. The number of halogens is 1. The highest BCUT2D eigenvalue weighted by molar-refractivity contribution is 5.80. The Balaban J connectivity index is 1.48. The number of hydrogen-bond donors (Lipinski definition) is 0. The van der Waals surface area contributed by atoms with Gasteiger partial charge in [-0.1, -0.05) is 30.3 Å². The van der Waals surface area contributed by atoms with Crippen molar-refractivity contribution in [3.63, 3.8) is 0 Å². The Labute approximate surface area is 205 Å². The Morgan fingerprint density at radius 2 is 1.80 bits per heavy atom. The van der Waals surface area contributed by atoms with E-state index in [1.165, 1.54) is 12.1 Å². The van der Waals surface area contributed by atoms with Gasteiger partial charge in [-0.3, -0.25) is 9.59 Å². The van der Waals surface area contributed by atoms with Crippen LogP contribution in [0.2, 0.25) is 0 Å². The molecule has 0 spiro atoms. The average Bonchev–Trinajstić information content (AvgIpc) is 2.89. The number of benzene rings is 2. The molecule has 35 heavy (non-hydrogen) atoms. The van der Waals surface area contributed by atoms with E-state index >= 15 is 0 Å². The molecule has 2 heterocycles. The fourth-order valence-corrected chi connectivity index (χ4v) is 4.58. The minimum Gasteiger partial charge on any atom is -0.490 e. The molecule has 2 amide bonds. The lowest BCUT2D eigenvalue weighted by atomic mass is 9.93. The van der Waals surface area contributed by atoms with Crippen LogP contribution in [0.15, 0.2) is 54.6 Å². The first kappa shape index (κ1) is 25.1. The molecule has 0 radical (unpaired) electrons. The van der Waals surface area contributed by atoms with Crippen molar-refractivity contribution < 1.29 is 28.2 Å². The molecule has 2 saturated heterocycles. The minimum absolute atomic E-state index is 0.0646. The highest BCUT2D eigenvalue weighted by Gasteiger charge is 2.43. The topological polar surface area (TPSA) is 68.3 Å². The van der Waals surface area contributed by atoms with E-state index in [1.807, 2.05) is 30.3 Å². The summed E-state index contributed by atoms with van der Waals surface area (Å²) in [5.41, 5.74) is 0.0241. The zero-order valence-electron chi connectivity index (χ0n) is 20.2. The molecule has 0 aliphatic carbocycles. The third-order valence-corrected chi connectivity index (χ3v) is 6.61. The zero-order valence-corrected chi connectivity index (χ0v) is 20.2. The Morgan fingerprint density at radius 3 is 2.51 bits per heavy atom. The average molecular weight is 485 g/mol. The lowest BCUT2D eigenvalue weighted by molar-refractivity contribution is -0.169. The van der Waals surface area contributed by atoms with E-state index in [0.717, 1.165) is 5.56 Å². The van der Waals surface area contributed by atoms with Gasteiger partial charge in [-0.2, -0.15) is 0 Å². The summed E-state index contributed by atoms with van der Waals surface area (Å²) in [6, 6.07) is 15.5. The number of rotatable bonds is 8. The van der Waals surface area contributed by atoms with E-state index in [0.29, 0.717) is 51.5 Å². The fourth-order valence-electron chi connectivity index (χ4n) is 4.58. The molecule has 0 bridgehead atoms. The molecule has 2 aliphatic heterocycles. The van der Waals surface area contributed by atoms with Gasteiger partial charge in [0.25, 0.3) is 0 Å². The Kier molecular flexibility index (Phi) is 8.36. The zero-order chi connectivity index (χ0) is 24.7. The monoisotopic (exact) mass is 484 g/mol. The number of amides is 2. The van der Waals surface area contributed by atoms with Crippen LogP contribution in [0.1, 0.15) is 24.8 Å². The van der Waals surface area contributed by atoms with Crippen molar-refractivity contribution in [2.24, 2.45) is 5.92 Å². The van der Waals surface area contributed by atoms with Gasteiger partial charge in [0, 0.05) is 39.3 Å². The second-order valence-electron chi connectivity index (χ2n) is 9.33. The van der Waals surface area contributed by atoms with E-state index in [4.69, 9.17) is 14.2 Å². The first-order chi connectivity index (χ1) is 16.9. The van der Waals surface area contributed by atoms with E-state index < -0.39 is 5.60 Å². The number of ether oxygens (including phenoxy) is 3. The van der Waals surface area contributed by atoms with Gasteiger partial charge in [0.15, 0.2) is 0 Å². The van der Waals surface area contributed by atoms with Crippen molar-refractivity contribution in [1.29, 1.82) is 0 Å². The predicted molar refractivity (Wildman–Crippen MR) is 128 cm³/mol. The quantitative estimate of drug-likeness (QED) is 0.575. The molecular weight excluding hydrogens is 451 g/mol. The second-order valence-corrected chi connectivity index (χ2v) is 9.33. The van der Waals surface area contributed by atoms with E-state index in [1.54, 1.807) is 29.0 Å². The maximum absolute atomic E-state index is 13.3. The molecule has 8 heteroatoms. The van der Waals surface area contributed by atoms with Gasteiger partial charge in [-0.25, -0.2) is 4.39 Å². The van der Waals surface area contributed by atoms with Crippen molar-refractivity contribution in [2.75, 3.05) is 46.6 Å². The molecule has 0 aromatic heterocycles. The second kappa shape index (κ2) is 11.6. The molecular formula is C27H33FN2O5. The van der Waals surface area contributed by atoms with Gasteiger partial charge in [0.2, 0.25) is 11.8 Å². The summed E-state index contributed by atoms with van der Waals surface area (Å²) in [4.78, 5) is 30.0. The maximum Gasteiger partial charge on any atom is 0.226 e. The standard InChI is InChI=1S/C27H33FN2O5/c1-29(18-21-5-3-2-4-6-21)25(31)17-27(20-34-24-9-7-23(28)8-10-24)19-30(13-16-35-27)26(32)22-11-14-33-15-12-22/h2-10,22H,11-20H2,1H3/t27-/m1/s1. The Hall–Kier alpha value is -2.97. The molecule has 0 N–H and O–H groups in total. The lowest BCUT2D eigenvalue weighted by Crippen LogP contribution is -2.59. The van der Waals surface area contributed by atoms with Gasteiger partial charge in [0.1, 0.15) is 23.8 Å². The molecule has 1 atom stereocenters. The largest absolute Gasteiger partial charge is 0.490 e. The van der Waals surface area contributed by atoms with Gasteiger partial charge in [-0.05, 0) is 42.7 Å². The van der Waals surface area contributed by atoms with Crippen molar-refractivity contribution in [3.05, 3.63) is 66.0 Å². The highest BCUT2D eigenvalue weighted by Crippen LogP contribution is 2.28. The van der Waals surface area contributed by atoms with Gasteiger partial charge < -0.3 is 24.0 Å². The van der Waals surface area contributed by atoms with Crippen LogP contribution in [0.5, 0.6) is 5.75 Å². The van der Waals surface area contributed by atoms with E-state index in [2.05, 4.69) is 0 Å². The number of carbonyl (C=O) groups is 2. The molecule has 2 aromatic rings. The molecule has 7 nitrogen and oxygen atoms in total. The summed E-state index contributed by atoms with van der Waals surface area (Å²) >= 11 is 0. The van der Waals surface area contributed by atoms with Crippen molar-refractivity contribution in [2.45, 2.75) is 31.4 Å². The van der Waals surface area contributed by atoms with Crippen LogP contribution in [0.4, 0.5) is 4.39 Å². The summed E-state index contributed by atoms with van der Waals surface area (Å²) in [6.07, 6.45) is 1.47. The number of morpholine rings is 1. The van der Waals surface area contributed by atoms with Crippen LogP contribution in [0.25, 0.3) is 0 Å². The first-order valence-corrected chi connectivity index (χ1v) is 12.1. The summed E-state index contributed by atoms with van der Waals surface area (Å²) in [7, 11) is 1.76. The normalized spacial score (nSPS) is 20.9. The molecule has 188 valence electrons. The van der Waals surface area contributed by atoms with Gasteiger partial charge >= 0.3 is 0 Å². The van der Waals surface area contributed by atoms with Crippen LogP contribution in [0.3, 0.4) is 0 Å². The fraction of sp³-hybridized carbons (Fsp3) is 0.481. The summed E-state index contributed by atoms with van der Waals surface area (Å²) < 4.78 is 30.9. The van der Waals surface area contributed by atoms with Crippen LogP contribution >= 0.6 is 0 Å². The minimum atomic E-state index is -1.00. The maximum atomic E-state index is 13.3. The molecule has 2 aliphatic rings. The number of carbonyl (C=O) groups excluding carboxylic acids is 2. The third-order valence-electron chi connectivity index (χ3n) is 6.61. The molecule has 2 fully saturated rings. The number of nitrogens with zero attached hydrogens (tertiary/aromatic N) is 2. The van der Waals surface area contributed by atoms with Crippen LogP contribution in [-0.2, 0) is 25.6 Å². The third kappa shape index (κ3) is 6.80. The molecule has 0 saturated carbocycles. The Bertz CT molecular complexity index is 981. The van der Waals surface area contributed by atoms with E-state index in [-0.39, 0.29) is 43.1 Å².